The highest BCUT2D eigenvalue weighted by atomic mass is 16.2. The van der Waals surface area contributed by atoms with Crippen LogP contribution >= 0.6 is 0 Å². The number of amides is 2. The predicted octanol–water partition coefficient (Wildman–Crippen LogP) is -0.222. The minimum atomic E-state index is -0.141. The molecular weight excluding hydrogens is 156 g/mol. The van der Waals surface area contributed by atoms with Crippen LogP contribution in [0.4, 0.5) is 0 Å². The van der Waals surface area contributed by atoms with Gasteiger partial charge in [0.25, 0.3) is 0 Å². The Balaban J connectivity index is 2.24. The highest BCUT2D eigenvalue weighted by molar-refractivity contribution is 6.03. The van der Waals surface area contributed by atoms with E-state index in [4.69, 9.17) is 5.73 Å². The quantitative estimate of drug-likeness (QED) is 0.452. The lowest BCUT2D eigenvalue weighted by atomic mass is 10.0. The smallest absolute Gasteiger partial charge is 0.230 e. The van der Waals surface area contributed by atoms with Crippen LogP contribution in [0.25, 0.3) is 0 Å². The van der Waals surface area contributed by atoms with Crippen molar-refractivity contribution in [3.63, 3.8) is 0 Å². The Morgan fingerprint density at radius 2 is 2.17 bits per heavy atom. The number of hydrogen-bond acceptors (Lipinski definition) is 3. The van der Waals surface area contributed by atoms with Gasteiger partial charge < -0.3 is 5.73 Å². The zero-order valence-electron chi connectivity index (χ0n) is 7.01. The summed E-state index contributed by atoms with van der Waals surface area (Å²) in [4.78, 5) is 21.8. The van der Waals surface area contributed by atoms with E-state index >= 15 is 0 Å². The molecule has 0 saturated carbocycles. The third-order valence-electron chi connectivity index (χ3n) is 2.07. The van der Waals surface area contributed by atoms with Crippen LogP contribution in [0, 0.1) is 5.92 Å². The number of nitrogens with one attached hydrogen (secondary N) is 1. The van der Waals surface area contributed by atoms with Crippen LogP contribution in [-0.4, -0.2) is 18.4 Å². The van der Waals surface area contributed by atoms with E-state index in [1.165, 1.54) is 0 Å². The molecular formula is C8H14N2O2. The highest BCUT2D eigenvalue weighted by Crippen LogP contribution is 2.17. The third-order valence-corrected chi connectivity index (χ3v) is 2.07. The minimum absolute atomic E-state index is 0.0935. The van der Waals surface area contributed by atoms with Gasteiger partial charge in [0.2, 0.25) is 11.8 Å². The molecule has 1 saturated heterocycles. The molecule has 0 bridgehead atoms. The average Bonchev–Trinajstić information content (AvgIpc) is 2.31. The van der Waals surface area contributed by atoms with Gasteiger partial charge in [-0.15, -0.1) is 0 Å². The van der Waals surface area contributed by atoms with Crippen LogP contribution in [0.1, 0.15) is 25.7 Å². The van der Waals surface area contributed by atoms with E-state index in [0.717, 1.165) is 19.3 Å². The minimum Gasteiger partial charge on any atom is -0.330 e. The number of rotatable bonds is 4. The Kier molecular flexibility index (Phi) is 3.22. The van der Waals surface area contributed by atoms with Crippen LogP contribution in [-0.2, 0) is 9.59 Å². The van der Waals surface area contributed by atoms with Crippen LogP contribution in [0.3, 0.4) is 0 Å². The number of carbonyl (C=O) groups excluding carboxylic acids is 2. The van der Waals surface area contributed by atoms with Gasteiger partial charge >= 0.3 is 0 Å². The van der Waals surface area contributed by atoms with Gasteiger partial charge in [0.1, 0.15) is 0 Å². The standard InChI is InChI=1S/C8H14N2O2/c9-4-2-1-3-6-5-7(11)10-8(6)12/h6H,1-5,9H2,(H,10,11,12). The monoisotopic (exact) mass is 170 g/mol. The van der Waals surface area contributed by atoms with Crippen molar-refractivity contribution >= 4 is 11.8 Å². The molecule has 1 fully saturated rings. The molecule has 0 aliphatic carbocycles. The molecule has 1 aliphatic rings. The van der Waals surface area contributed by atoms with Crippen molar-refractivity contribution in [3.05, 3.63) is 0 Å². The second kappa shape index (κ2) is 4.21. The molecule has 68 valence electrons. The number of imide groups is 1. The molecule has 1 heterocycles. The largest absolute Gasteiger partial charge is 0.330 e. The molecule has 3 N–H and O–H groups in total. The SMILES string of the molecule is NCCCCC1CC(=O)NC1=O. The molecule has 1 rings (SSSR count). The van der Waals surface area contributed by atoms with Crippen LogP contribution < -0.4 is 11.1 Å². The molecule has 0 aromatic rings. The molecule has 1 atom stereocenters. The molecule has 2 amide bonds. The molecule has 0 radical (unpaired) electrons. The van der Waals surface area contributed by atoms with Gasteiger partial charge in [0, 0.05) is 12.3 Å². The van der Waals surface area contributed by atoms with E-state index in [2.05, 4.69) is 5.32 Å². The van der Waals surface area contributed by atoms with Crippen molar-refractivity contribution in [2.45, 2.75) is 25.7 Å². The van der Waals surface area contributed by atoms with E-state index in [0.29, 0.717) is 13.0 Å². The van der Waals surface area contributed by atoms with Gasteiger partial charge in [-0.05, 0) is 19.4 Å². The molecule has 4 nitrogen and oxygen atoms in total. The fourth-order valence-corrected chi connectivity index (χ4v) is 1.38. The highest BCUT2D eigenvalue weighted by Gasteiger charge is 2.29. The zero-order valence-corrected chi connectivity index (χ0v) is 7.01. The van der Waals surface area contributed by atoms with Crippen LogP contribution in [0.15, 0.2) is 0 Å². The maximum atomic E-state index is 11.0. The Bertz CT molecular complexity index is 191. The second-order valence-corrected chi connectivity index (χ2v) is 3.10. The van der Waals surface area contributed by atoms with Crippen molar-refractivity contribution in [2.24, 2.45) is 11.7 Å². The summed E-state index contributed by atoms with van der Waals surface area (Å²) in [6.45, 7) is 0.655. The second-order valence-electron chi connectivity index (χ2n) is 3.10. The van der Waals surface area contributed by atoms with Crippen molar-refractivity contribution < 1.29 is 9.59 Å². The van der Waals surface area contributed by atoms with E-state index in [9.17, 15) is 9.59 Å². The summed E-state index contributed by atoms with van der Waals surface area (Å²) in [6.07, 6.45) is 3.01. The van der Waals surface area contributed by atoms with Gasteiger partial charge in [0.15, 0.2) is 0 Å². The topological polar surface area (TPSA) is 72.2 Å². The summed E-state index contributed by atoms with van der Waals surface area (Å²) in [7, 11) is 0. The zero-order chi connectivity index (χ0) is 8.97. The fraction of sp³-hybridized carbons (Fsp3) is 0.750. The molecule has 0 aromatic heterocycles. The summed E-state index contributed by atoms with van der Waals surface area (Å²) in [5.74, 6) is -0.348. The summed E-state index contributed by atoms with van der Waals surface area (Å²) < 4.78 is 0. The van der Waals surface area contributed by atoms with E-state index in [-0.39, 0.29) is 17.7 Å². The average molecular weight is 170 g/mol. The number of hydrogen-bond donors (Lipinski definition) is 2. The van der Waals surface area contributed by atoms with Gasteiger partial charge in [-0.2, -0.15) is 0 Å². The molecule has 12 heavy (non-hydrogen) atoms. The first-order valence-corrected chi connectivity index (χ1v) is 4.28. The van der Waals surface area contributed by atoms with Crippen molar-refractivity contribution in [1.29, 1.82) is 0 Å². The van der Waals surface area contributed by atoms with Crippen molar-refractivity contribution in [3.8, 4) is 0 Å². The van der Waals surface area contributed by atoms with Gasteiger partial charge in [-0.25, -0.2) is 0 Å². The first kappa shape index (κ1) is 9.19. The van der Waals surface area contributed by atoms with Gasteiger partial charge in [-0.1, -0.05) is 6.42 Å². The Morgan fingerprint density at radius 1 is 1.42 bits per heavy atom. The van der Waals surface area contributed by atoms with E-state index in [1.807, 2.05) is 0 Å². The maximum Gasteiger partial charge on any atom is 0.230 e. The van der Waals surface area contributed by atoms with E-state index in [1.54, 1.807) is 0 Å². The van der Waals surface area contributed by atoms with Crippen molar-refractivity contribution in [1.82, 2.24) is 5.32 Å². The first-order valence-electron chi connectivity index (χ1n) is 4.28. The Morgan fingerprint density at radius 3 is 2.67 bits per heavy atom. The Labute approximate surface area is 71.5 Å². The van der Waals surface area contributed by atoms with Crippen molar-refractivity contribution in [2.75, 3.05) is 6.54 Å². The summed E-state index contributed by atoms with van der Waals surface area (Å²) >= 11 is 0. The molecule has 0 spiro atoms. The third kappa shape index (κ3) is 2.30. The summed E-state index contributed by atoms with van der Waals surface area (Å²) in [6, 6.07) is 0. The molecule has 4 heteroatoms. The van der Waals surface area contributed by atoms with Gasteiger partial charge in [-0.3, -0.25) is 14.9 Å². The van der Waals surface area contributed by atoms with Crippen LogP contribution in [0.2, 0.25) is 0 Å². The number of unbranched alkanes of at least 4 members (excludes halogenated alkanes) is 1. The lowest BCUT2D eigenvalue weighted by Crippen LogP contribution is -2.22. The van der Waals surface area contributed by atoms with Crippen LogP contribution in [0.5, 0.6) is 0 Å². The normalized spacial score (nSPS) is 22.9. The first-order chi connectivity index (χ1) is 5.74. The summed E-state index contributed by atoms with van der Waals surface area (Å²) in [5.41, 5.74) is 5.31. The maximum absolute atomic E-state index is 11.0. The number of nitrogens with two attached hydrogens (primary N) is 1. The Hall–Kier alpha value is -0.900. The number of carbonyl (C=O) groups is 2. The fourth-order valence-electron chi connectivity index (χ4n) is 1.38. The lowest BCUT2D eigenvalue weighted by molar-refractivity contribution is -0.125. The predicted molar refractivity (Wildman–Crippen MR) is 44.2 cm³/mol. The molecule has 0 aromatic carbocycles. The summed E-state index contributed by atoms with van der Waals surface area (Å²) in [5, 5.41) is 2.28. The molecule has 1 aliphatic heterocycles. The van der Waals surface area contributed by atoms with Gasteiger partial charge in [0.05, 0.1) is 0 Å². The lowest BCUT2D eigenvalue weighted by Gasteiger charge is -2.03. The van der Waals surface area contributed by atoms with E-state index < -0.39 is 0 Å². The molecule has 1 unspecified atom stereocenters.